The van der Waals surface area contributed by atoms with Gasteiger partial charge in [-0.2, -0.15) is 0 Å². The minimum Gasteiger partial charge on any atom is -0.379 e. The van der Waals surface area contributed by atoms with Crippen molar-refractivity contribution >= 4 is 34.3 Å². The molecular formula is C17H17N3OS2. The molecule has 0 radical (unpaired) electrons. The molecule has 6 heteroatoms. The number of thiophene rings is 1. The maximum atomic E-state index is 11.4. The molecule has 0 saturated carbocycles. The number of anilines is 1. The average Bonchev–Trinajstić information content (AvgIpc) is 3.25. The molecule has 0 saturated heterocycles. The topological polar surface area (TPSA) is 54.0 Å². The van der Waals surface area contributed by atoms with E-state index in [-0.39, 0.29) is 5.91 Å². The average molecular weight is 343 g/mol. The van der Waals surface area contributed by atoms with Crippen LogP contribution in [0.1, 0.15) is 10.7 Å². The second-order valence-electron chi connectivity index (χ2n) is 4.99. The molecular weight excluding hydrogens is 326 g/mol. The third kappa shape index (κ3) is 4.18. The molecule has 0 aliphatic heterocycles. The molecule has 3 aromatic rings. The number of likely N-dealkylation sites (N-methyl/N-ethyl adjacent to an activating group) is 1. The van der Waals surface area contributed by atoms with Gasteiger partial charge in [0.1, 0.15) is 5.01 Å². The maximum absolute atomic E-state index is 11.4. The number of hydrogen-bond acceptors (Lipinski definition) is 5. The largest absolute Gasteiger partial charge is 0.379 e. The lowest BCUT2D eigenvalue weighted by Crippen LogP contribution is -2.19. The summed E-state index contributed by atoms with van der Waals surface area (Å²) in [5, 5.41) is 10.9. The normalized spacial score (nSPS) is 10.5. The lowest BCUT2D eigenvalue weighted by atomic mass is 10.1. The minimum atomic E-state index is -0.0116. The molecule has 3 rings (SSSR count). The van der Waals surface area contributed by atoms with E-state index >= 15 is 0 Å². The summed E-state index contributed by atoms with van der Waals surface area (Å²) in [5.41, 5.74) is 3.23. The number of nitrogens with one attached hydrogen (secondary N) is 2. The summed E-state index contributed by atoms with van der Waals surface area (Å²) in [6, 6.07) is 12.5. The lowest BCUT2D eigenvalue weighted by Gasteiger charge is -2.06. The Morgan fingerprint density at radius 2 is 2.13 bits per heavy atom. The lowest BCUT2D eigenvalue weighted by molar-refractivity contribution is -0.119. The van der Waals surface area contributed by atoms with Crippen LogP contribution < -0.4 is 10.6 Å². The predicted octanol–water partition coefficient (Wildman–Crippen LogP) is 3.77. The Balaban J connectivity index is 1.62. The third-order valence-electron chi connectivity index (χ3n) is 3.33. The van der Waals surface area contributed by atoms with E-state index in [0.29, 0.717) is 13.0 Å². The first kappa shape index (κ1) is 15.7. The van der Waals surface area contributed by atoms with Crippen molar-refractivity contribution < 1.29 is 4.79 Å². The Morgan fingerprint density at radius 3 is 2.91 bits per heavy atom. The summed E-state index contributed by atoms with van der Waals surface area (Å²) in [4.78, 5) is 17.1. The van der Waals surface area contributed by atoms with Gasteiger partial charge in [-0.25, -0.2) is 4.98 Å². The van der Waals surface area contributed by atoms with Crippen molar-refractivity contribution in [2.45, 2.75) is 13.0 Å². The molecule has 0 fully saturated rings. The highest BCUT2D eigenvalue weighted by Gasteiger charge is 2.07. The molecule has 4 nitrogen and oxygen atoms in total. The molecule has 1 amide bonds. The Labute approximate surface area is 143 Å². The minimum absolute atomic E-state index is 0.0116. The van der Waals surface area contributed by atoms with Gasteiger partial charge in [-0.1, -0.05) is 18.2 Å². The van der Waals surface area contributed by atoms with Crippen molar-refractivity contribution in [3.05, 3.63) is 57.9 Å². The van der Waals surface area contributed by atoms with Crippen molar-refractivity contribution in [3.8, 4) is 10.4 Å². The molecule has 0 spiro atoms. The van der Waals surface area contributed by atoms with Crippen molar-refractivity contribution in [2.24, 2.45) is 0 Å². The van der Waals surface area contributed by atoms with Gasteiger partial charge in [-0.3, -0.25) is 4.79 Å². The molecule has 0 aliphatic carbocycles. The molecule has 23 heavy (non-hydrogen) atoms. The number of carbonyl (C=O) groups is 1. The Hall–Kier alpha value is -2.18. The van der Waals surface area contributed by atoms with Crippen LogP contribution >= 0.6 is 22.7 Å². The molecule has 0 bridgehead atoms. The van der Waals surface area contributed by atoms with E-state index in [9.17, 15) is 4.79 Å². The fraction of sp³-hybridized carbons (Fsp3) is 0.176. The zero-order valence-corrected chi connectivity index (χ0v) is 14.3. The van der Waals surface area contributed by atoms with E-state index in [1.165, 1.54) is 21.8 Å². The summed E-state index contributed by atoms with van der Waals surface area (Å²) in [6.45, 7) is 0.651. The highest BCUT2D eigenvalue weighted by atomic mass is 32.1. The SMILES string of the molecule is CNC(=O)Cc1nc(CNc2cccc(-c3cccs3)c2)cs1. The van der Waals surface area contributed by atoms with Crippen molar-refractivity contribution in [2.75, 3.05) is 12.4 Å². The van der Waals surface area contributed by atoms with E-state index < -0.39 is 0 Å². The molecule has 2 N–H and O–H groups in total. The maximum Gasteiger partial charge on any atom is 0.226 e. The number of nitrogens with zero attached hydrogens (tertiary/aromatic N) is 1. The summed E-state index contributed by atoms with van der Waals surface area (Å²) >= 11 is 3.25. The molecule has 0 atom stereocenters. The van der Waals surface area contributed by atoms with Crippen LogP contribution in [-0.2, 0) is 17.8 Å². The molecule has 2 heterocycles. The van der Waals surface area contributed by atoms with Crippen molar-refractivity contribution in [1.29, 1.82) is 0 Å². The monoisotopic (exact) mass is 343 g/mol. The second kappa shape index (κ2) is 7.39. The number of carbonyl (C=O) groups excluding carboxylic acids is 1. The fourth-order valence-electron chi connectivity index (χ4n) is 2.15. The Bertz CT molecular complexity index is 781. The van der Waals surface area contributed by atoms with Crippen LogP contribution in [0.15, 0.2) is 47.2 Å². The number of rotatable bonds is 6. The molecule has 118 valence electrons. The molecule has 1 aromatic carbocycles. The smallest absolute Gasteiger partial charge is 0.226 e. The Morgan fingerprint density at radius 1 is 1.22 bits per heavy atom. The van der Waals surface area contributed by atoms with E-state index in [2.05, 4.69) is 57.4 Å². The summed E-state index contributed by atoms with van der Waals surface area (Å²) < 4.78 is 0. The van der Waals surface area contributed by atoms with Crippen LogP contribution in [0.3, 0.4) is 0 Å². The van der Waals surface area contributed by atoms with Gasteiger partial charge in [-0.05, 0) is 29.1 Å². The van der Waals surface area contributed by atoms with Crippen LogP contribution in [-0.4, -0.2) is 17.9 Å². The van der Waals surface area contributed by atoms with Gasteiger partial charge in [0.15, 0.2) is 0 Å². The third-order valence-corrected chi connectivity index (χ3v) is 5.15. The first-order valence-corrected chi connectivity index (χ1v) is 9.02. The number of hydrogen-bond donors (Lipinski definition) is 2. The van der Waals surface area contributed by atoms with Gasteiger partial charge < -0.3 is 10.6 Å². The highest BCUT2D eigenvalue weighted by molar-refractivity contribution is 7.13. The predicted molar refractivity (Wildman–Crippen MR) is 97.0 cm³/mol. The van der Waals surface area contributed by atoms with Gasteiger partial charge in [0, 0.05) is 23.0 Å². The standard InChI is InChI=1S/C17H17N3OS2/c1-18-16(21)9-17-20-14(11-23-17)10-19-13-5-2-4-12(8-13)15-6-3-7-22-15/h2-8,11,19H,9-10H2,1H3,(H,18,21). The van der Waals surface area contributed by atoms with E-state index in [0.717, 1.165) is 16.4 Å². The van der Waals surface area contributed by atoms with Gasteiger partial charge in [0.05, 0.1) is 18.7 Å². The van der Waals surface area contributed by atoms with Crippen LogP contribution in [0.25, 0.3) is 10.4 Å². The summed E-state index contributed by atoms with van der Waals surface area (Å²) in [6.07, 6.45) is 0.342. The second-order valence-corrected chi connectivity index (χ2v) is 6.88. The zero-order chi connectivity index (χ0) is 16.1. The highest BCUT2D eigenvalue weighted by Crippen LogP contribution is 2.27. The van der Waals surface area contributed by atoms with E-state index in [4.69, 9.17) is 0 Å². The van der Waals surface area contributed by atoms with Crippen molar-refractivity contribution in [1.82, 2.24) is 10.3 Å². The van der Waals surface area contributed by atoms with Gasteiger partial charge in [-0.15, -0.1) is 22.7 Å². The molecule has 0 unspecified atom stereocenters. The van der Waals surface area contributed by atoms with Gasteiger partial charge >= 0.3 is 0 Å². The summed E-state index contributed by atoms with van der Waals surface area (Å²) in [7, 11) is 1.64. The van der Waals surface area contributed by atoms with Crippen LogP contribution in [0, 0.1) is 0 Å². The first-order chi connectivity index (χ1) is 11.2. The number of thiazole rings is 1. The van der Waals surface area contributed by atoms with E-state index in [1.807, 2.05) is 5.38 Å². The summed E-state index contributed by atoms with van der Waals surface area (Å²) in [5.74, 6) is -0.0116. The number of benzene rings is 1. The fourth-order valence-corrected chi connectivity index (χ4v) is 3.67. The van der Waals surface area contributed by atoms with E-state index in [1.54, 1.807) is 18.4 Å². The number of amides is 1. The molecule has 2 aromatic heterocycles. The van der Waals surface area contributed by atoms with Crippen LogP contribution in [0.4, 0.5) is 5.69 Å². The zero-order valence-electron chi connectivity index (χ0n) is 12.7. The molecule has 0 aliphatic rings. The van der Waals surface area contributed by atoms with Crippen LogP contribution in [0.5, 0.6) is 0 Å². The number of aromatic nitrogens is 1. The van der Waals surface area contributed by atoms with Crippen LogP contribution in [0.2, 0.25) is 0 Å². The van der Waals surface area contributed by atoms with Crippen molar-refractivity contribution in [3.63, 3.8) is 0 Å². The van der Waals surface area contributed by atoms with Gasteiger partial charge in [0.25, 0.3) is 0 Å². The Kier molecular flexibility index (Phi) is 5.05. The first-order valence-electron chi connectivity index (χ1n) is 7.26. The quantitative estimate of drug-likeness (QED) is 0.716. The van der Waals surface area contributed by atoms with Gasteiger partial charge in [0.2, 0.25) is 5.91 Å².